The molecule has 140 valence electrons. The predicted molar refractivity (Wildman–Crippen MR) is 113 cm³/mol. The zero-order valence-electron chi connectivity index (χ0n) is 15.0. The summed E-state index contributed by atoms with van der Waals surface area (Å²) in [6.45, 7) is 0.515. The normalized spacial score (nSPS) is 9.75. The van der Waals surface area contributed by atoms with E-state index in [0.29, 0.717) is 11.3 Å². The summed E-state index contributed by atoms with van der Waals surface area (Å²) in [6.07, 6.45) is 0. The molecule has 0 atom stereocenters. The standard InChI is InChI=1S/C23H18BrNO3/c24-19-7-6-10-22(17-19)27-16-5-4-15-25-23(26)18-11-13-21(14-12-18)28-20-8-2-1-3-9-20/h1-3,6-14,17H,15-16H2,(H,25,26). The van der Waals surface area contributed by atoms with Gasteiger partial charge in [0.25, 0.3) is 5.91 Å². The summed E-state index contributed by atoms with van der Waals surface area (Å²) in [4.78, 5) is 12.1. The number of amides is 1. The number of ether oxygens (including phenoxy) is 2. The van der Waals surface area contributed by atoms with Crippen LogP contribution in [0.15, 0.2) is 83.3 Å². The van der Waals surface area contributed by atoms with Gasteiger partial charge in [0.1, 0.15) is 23.9 Å². The van der Waals surface area contributed by atoms with Crippen molar-refractivity contribution in [1.82, 2.24) is 5.32 Å². The van der Waals surface area contributed by atoms with Crippen LogP contribution in [-0.4, -0.2) is 19.1 Å². The van der Waals surface area contributed by atoms with Crippen molar-refractivity contribution in [3.8, 4) is 29.1 Å². The summed E-state index contributed by atoms with van der Waals surface area (Å²) in [6, 6.07) is 24.0. The van der Waals surface area contributed by atoms with Crippen LogP contribution in [0.5, 0.6) is 17.2 Å². The highest BCUT2D eigenvalue weighted by Crippen LogP contribution is 2.21. The zero-order chi connectivity index (χ0) is 19.6. The Balaban J connectivity index is 1.42. The van der Waals surface area contributed by atoms with Crippen molar-refractivity contribution in [3.05, 3.63) is 88.9 Å². The summed E-state index contributed by atoms with van der Waals surface area (Å²) >= 11 is 3.38. The minimum atomic E-state index is -0.187. The molecule has 0 aliphatic rings. The molecule has 0 spiro atoms. The molecule has 5 heteroatoms. The molecule has 1 N–H and O–H groups in total. The largest absolute Gasteiger partial charge is 0.481 e. The maximum atomic E-state index is 12.1. The molecule has 1 amide bonds. The van der Waals surface area contributed by atoms with Gasteiger partial charge in [-0.3, -0.25) is 4.79 Å². The Kier molecular flexibility index (Phi) is 7.11. The number of carbonyl (C=O) groups is 1. The van der Waals surface area contributed by atoms with Crippen LogP contribution in [0.3, 0.4) is 0 Å². The summed E-state index contributed by atoms with van der Waals surface area (Å²) in [5, 5.41) is 2.76. The molecule has 0 bridgehead atoms. The number of carbonyl (C=O) groups excluding carboxylic acids is 1. The third kappa shape index (κ3) is 6.19. The fourth-order valence-electron chi connectivity index (χ4n) is 2.32. The van der Waals surface area contributed by atoms with Crippen LogP contribution >= 0.6 is 15.9 Å². The molecule has 0 aliphatic carbocycles. The molecule has 28 heavy (non-hydrogen) atoms. The van der Waals surface area contributed by atoms with Crippen molar-refractivity contribution in [3.63, 3.8) is 0 Å². The molecule has 0 fully saturated rings. The van der Waals surface area contributed by atoms with Crippen molar-refractivity contribution >= 4 is 21.8 Å². The van der Waals surface area contributed by atoms with Crippen molar-refractivity contribution in [2.75, 3.05) is 13.2 Å². The molecular weight excluding hydrogens is 418 g/mol. The third-order valence-electron chi connectivity index (χ3n) is 3.66. The van der Waals surface area contributed by atoms with Gasteiger partial charge in [0.2, 0.25) is 0 Å². The molecule has 3 aromatic carbocycles. The molecule has 0 aliphatic heterocycles. The van der Waals surface area contributed by atoms with E-state index >= 15 is 0 Å². The lowest BCUT2D eigenvalue weighted by atomic mass is 10.2. The van der Waals surface area contributed by atoms with Gasteiger partial charge < -0.3 is 14.8 Å². The lowest BCUT2D eigenvalue weighted by molar-refractivity contribution is 0.0958. The van der Waals surface area contributed by atoms with Gasteiger partial charge in [0.15, 0.2) is 0 Å². The minimum Gasteiger partial charge on any atom is -0.481 e. The van der Waals surface area contributed by atoms with Crippen LogP contribution < -0.4 is 14.8 Å². The van der Waals surface area contributed by atoms with E-state index in [9.17, 15) is 4.79 Å². The third-order valence-corrected chi connectivity index (χ3v) is 4.16. The first-order valence-corrected chi connectivity index (χ1v) is 9.45. The fourth-order valence-corrected chi connectivity index (χ4v) is 2.69. The Morgan fingerprint density at radius 3 is 2.32 bits per heavy atom. The molecule has 3 rings (SSSR count). The minimum absolute atomic E-state index is 0.187. The van der Waals surface area contributed by atoms with Crippen molar-refractivity contribution in [2.24, 2.45) is 0 Å². The number of rotatable bonds is 6. The van der Waals surface area contributed by atoms with Crippen molar-refractivity contribution < 1.29 is 14.3 Å². The van der Waals surface area contributed by atoms with E-state index in [0.717, 1.165) is 16.0 Å². The molecule has 0 saturated heterocycles. The average Bonchev–Trinajstić information content (AvgIpc) is 2.72. The Morgan fingerprint density at radius 2 is 1.57 bits per heavy atom. The van der Waals surface area contributed by atoms with Crippen LogP contribution in [0, 0.1) is 11.8 Å². The smallest absolute Gasteiger partial charge is 0.252 e. The highest BCUT2D eigenvalue weighted by atomic mass is 79.9. The van der Waals surface area contributed by atoms with Gasteiger partial charge in [-0.2, -0.15) is 0 Å². The first kappa shape index (κ1) is 19.5. The van der Waals surface area contributed by atoms with E-state index < -0.39 is 0 Å². The second kappa shape index (κ2) is 10.2. The molecule has 0 unspecified atom stereocenters. The van der Waals surface area contributed by atoms with Gasteiger partial charge in [0, 0.05) is 10.0 Å². The lowest BCUT2D eigenvalue weighted by Gasteiger charge is -2.06. The number of hydrogen-bond donors (Lipinski definition) is 1. The summed E-state index contributed by atoms with van der Waals surface area (Å²) in [5.74, 6) is 7.72. The number of hydrogen-bond acceptors (Lipinski definition) is 3. The predicted octanol–water partition coefficient (Wildman–Crippen LogP) is 5.05. The van der Waals surface area contributed by atoms with Crippen LogP contribution in [-0.2, 0) is 0 Å². The van der Waals surface area contributed by atoms with E-state index in [1.807, 2.05) is 54.6 Å². The van der Waals surface area contributed by atoms with E-state index in [2.05, 4.69) is 33.1 Å². The highest BCUT2D eigenvalue weighted by Gasteiger charge is 2.04. The van der Waals surface area contributed by atoms with Crippen LogP contribution in [0.1, 0.15) is 10.4 Å². The number of benzene rings is 3. The second-order valence-electron chi connectivity index (χ2n) is 5.72. The first-order chi connectivity index (χ1) is 13.7. The molecule has 0 aromatic heterocycles. The number of halogens is 1. The topological polar surface area (TPSA) is 47.6 Å². The van der Waals surface area contributed by atoms with Gasteiger partial charge >= 0.3 is 0 Å². The maximum Gasteiger partial charge on any atom is 0.252 e. The average molecular weight is 436 g/mol. The van der Waals surface area contributed by atoms with Crippen molar-refractivity contribution in [2.45, 2.75) is 0 Å². The summed E-state index contributed by atoms with van der Waals surface area (Å²) in [5.41, 5.74) is 0.549. The van der Waals surface area contributed by atoms with Crippen LogP contribution in [0.2, 0.25) is 0 Å². The summed E-state index contributed by atoms with van der Waals surface area (Å²) < 4.78 is 12.2. The maximum absolute atomic E-state index is 12.1. The SMILES string of the molecule is O=C(NCC#CCOc1cccc(Br)c1)c1ccc(Oc2ccccc2)cc1. The zero-order valence-corrected chi connectivity index (χ0v) is 16.6. The van der Waals surface area contributed by atoms with Gasteiger partial charge in [-0.1, -0.05) is 52.0 Å². The Morgan fingerprint density at radius 1 is 0.857 bits per heavy atom. The molecule has 4 nitrogen and oxygen atoms in total. The van der Waals surface area contributed by atoms with Gasteiger partial charge in [-0.15, -0.1) is 0 Å². The van der Waals surface area contributed by atoms with E-state index in [1.165, 1.54) is 0 Å². The molecule has 0 saturated carbocycles. The Hall–Kier alpha value is -3.23. The van der Waals surface area contributed by atoms with Crippen molar-refractivity contribution in [1.29, 1.82) is 0 Å². The van der Waals surface area contributed by atoms with Crippen LogP contribution in [0.25, 0.3) is 0 Å². The lowest BCUT2D eigenvalue weighted by Crippen LogP contribution is -2.23. The fraction of sp³-hybridized carbons (Fsp3) is 0.0870. The highest BCUT2D eigenvalue weighted by molar-refractivity contribution is 9.10. The molecule has 0 radical (unpaired) electrons. The Bertz CT molecular complexity index is 976. The van der Waals surface area contributed by atoms with E-state index in [4.69, 9.17) is 9.47 Å². The van der Waals surface area contributed by atoms with Crippen LogP contribution in [0.4, 0.5) is 0 Å². The van der Waals surface area contributed by atoms with Gasteiger partial charge in [-0.25, -0.2) is 0 Å². The monoisotopic (exact) mass is 435 g/mol. The molecule has 0 heterocycles. The molecule has 3 aromatic rings. The first-order valence-electron chi connectivity index (χ1n) is 8.66. The van der Waals surface area contributed by atoms with E-state index in [1.54, 1.807) is 24.3 Å². The van der Waals surface area contributed by atoms with Gasteiger partial charge in [0.05, 0.1) is 6.54 Å². The Labute approximate surface area is 172 Å². The second-order valence-corrected chi connectivity index (χ2v) is 6.64. The quantitative estimate of drug-likeness (QED) is 0.550. The van der Waals surface area contributed by atoms with E-state index in [-0.39, 0.29) is 19.1 Å². The number of para-hydroxylation sites is 1. The summed E-state index contributed by atoms with van der Waals surface area (Å²) in [7, 11) is 0. The molecular formula is C23H18BrNO3. The number of nitrogens with one attached hydrogen (secondary N) is 1. The van der Waals surface area contributed by atoms with Gasteiger partial charge in [-0.05, 0) is 54.6 Å².